The minimum absolute atomic E-state index is 0.0921. The van der Waals surface area contributed by atoms with Gasteiger partial charge >= 0.3 is 0 Å². The van der Waals surface area contributed by atoms with Gasteiger partial charge in [0.15, 0.2) is 0 Å². The van der Waals surface area contributed by atoms with E-state index in [-0.39, 0.29) is 5.60 Å². The van der Waals surface area contributed by atoms with Crippen LogP contribution in [-0.4, -0.2) is 49.5 Å². The van der Waals surface area contributed by atoms with E-state index in [0.29, 0.717) is 0 Å². The highest BCUT2D eigenvalue weighted by atomic mass is 16.5. The maximum Gasteiger partial charge on any atom is 0.145 e. The van der Waals surface area contributed by atoms with Gasteiger partial charge in [0.05, 0.1) is 10.9 Å². The van der Waals surface area contributed by atoms with Gasteiger partial charge in [-0.15, -0.1) is 0 Å². The van der Waals surface area contributed by atoms with Crippen molar-refractivity contribution in [3.63, 3.8) is 0 Å². The first kappa shape index (κ1) is 22.1. The van der Waals surface area contributed by atoms with Gasteiger partial charge in [-0.05, 0) is 68.1 Å². The quantitative estimate of drug-likeness (QED) is 0.324. The smallest absolute Gasteiger partial charge is 0.145 e. The summed E-state index contributed by atoms with van der Waals surface area (Å²) in [5.74, 6) is 3.13. The molecule has 0 spiro atoms. The van der Waals surface area contributed by atoms with Crippen LogP contribution in [0.25, 0.3) is 16.6 Å². The van der Waals surface area contributed by atoms with Gasteiger partial charge in [-0.2, -0.15) is 0 Å². The zero-order valence-corrected chi connectivity index (χ0v) is 20.7. The fraction of sp³-hybridized carbons (Fsp3) is 0.276. The molecule has 37 heavy (non-hydrogen) atoms. The molecule has 3 fully saturated rings. The SMILES string of the molecule is Cc1cc(Nc2ncnc3cccc(OC45CCN(CC4)CC5)c23)ccc1Oc1ccn2ccnc2c1. The molecule has 8 nitrogen and oxygen atoms in total. The van der Waals surface area contributed by atoms with Crippen molar-refractivity contribution in [3.8, 4) is 17.2 Å². The summed E-state index contributed by atoms with van der Waals surface area (Å²) in [6.45, 7) is 5.36. The Morgan fingerprint density at radius 3 is 2.59 bits per heavy atom. The molecule has 3 aliphatic rings. The normalized spacial score (nSPS) is 20.8. The van der Waals surface area contributed by atoms with Gasteiger partial charge in [-0.1, -0.05) is 6.07 Å². The lowest BCUT2D eigenvalue weighted by Gasteiger charge is -2.48. The third kappa shape index (κ3) is 4.13. The third-order valence-electron chi connectivity index (χ3n) is 7.64. The van der Waals surface area contributed by atoms with Crippen molar-refractivity contribution in [1.29, 1.82) is 0 Å². The van der Waals surface area contributed by atoms with Crippen molar-refractivity contribution >= 4 is 28.1 Å². The van der Waals surface area contributed by atoms with Gasteiger partial charge in [0.2, 0.25) is 0 Å². The molecule has 6 heterocycles. The Kier molecular flexibility index (Phi) is 5.21. The van der Waals surface area contributed by atoms with Crippen LogP contribution in [0.5, 0.6) is 17.2 Å². The van der Waals surface area contributed by atoms with Crippen molar-refractivity contribution < 1.29 is 9.47 Å². The van der Waals surface area contributed by atoms with Crippen molar-refractivity contribution in [1.82, 2.24) is 24.3 Å². The van der Waals surface area contributed by atoms with Gasteiger partial charge in [0, 0.05) is 50.0 Å². The summed E-state index contributed by atoms with van der Waals surface area (Å²) in [7, 11) is 0. The second-order valence-corrected chi connectivity index (χ2v) is 10.0. The lowest BCUT2D eigenvalue weighted by atomic mass is 9.83. The summed E-state index contributed by atoms with van der Waals surface area (Å²) in [6, 6.07) is 16.0. The number of ether oxygens (including phenoxy) is 2. The molecule has 3 aromatic heterocycles. The standard InChI is InChI=1S/C29H28N6O2/c1-20-17-21(5-6-24(20)36-22-7-12-35-16-11-30-26(35)18-22)33-28-27-23(31-19-32-28)3-2-4-25(27)37-29-8-13-34(14-9-29)15-10-29/h2-7,11-12,16-19H,8-10,13-15H2,1H3,(H,31,32,33). The molecule has 0 unspecified atom stereocenters. The monoisotopic (exact) mass is 492 g/mol. The fourth-order valence-electron chi connectivity index (χ4n) is 5.50. The molecule has 1 N–H and O–H groups in total. The summed E-state index contributed by atoms with van der Waals surface area (Å²) in [5, 5.41) is 4.42. The lowest BCUT2D eigenvalue weighted by molar-refractivity contribution is -0.0502. The molecule has 0 amide bonds. The van der Waals surface area contributed by atoms with Crippen LogP contribution in [0.1, 0.15) is 24.8 Å². The van der Waals surface area contributed by atoms with Crippen LogP contribution < -0.4 is 14.8 Å². The van der Waals surface area contributed by atoms with E-state index in [1.807, 2.05) is 66.2 Å². The van der Waals surface area contributed by atoms with E-state index in [2.05, 4.69) is 31.2 Å². The minimum atomic E-state index is -0.0921. The largest absolute Gasteiger partial charge is 0.486 e. The van der Waals surface area contributed by atoms with Crippen molar-refractivity contribution in [2.24, 2.45) is 0 Å². The van der Waals surface area contributed by atoms with Crippen LogP contribution in [0.15, 0.2) is 73.4 Å². The van der Waals surface area contributed by atoms with E-state index in [4.69, 9.17) is 9.47 Å². The van der Waals surface area contributed by atoms with E-state index < -0.39 is 0 Å². The molecule has 186 valence electrons. The summed E-state index contributed by atoms with van der Waals surface area (Å²) in [5.41, 5.74) is 3.56. The summed E-state index contributed by atoms with van der Waals surface area (Å²) >= 11 is 0. The summed E-state index contributed by atoms with van der Waals surface area (Å²) in [6.07, 6.45) is 10.4. The predicted octanol–water partition coefficient (Wildman–Crippen LogP) is 5.74. The Labute approximate surface area is 214 Å². The highest BCUT2D eigenvalue weighted by Crippen LogP contribution is 2.40. The Balaban J connectivity index is 1.17. The maximum absolute atomic E-state index is 6.78. The number of anilines is 2. The number of hydrogen-bond acceptors (Lipinski definition) is 7. The Morgan fingerprint density at radius 2 is 1.76 bits per heavy atom. The highest BCUT2D eigenvalue weighted by Gasteiger charge is 2.41. The second kappa shape index (κ2) is 8.74. The van der Waals surface area contributed by atoms with Crippen molar-refractivity contribution in [3.05, 3.63) is 79.0 Å². The van der Waals surface area contributed by atoms with Crippen molar-refractivity contribution in [2.45, 2.75) is 31.8 Å². The Bertz CT molecular complexity index is 1590. The second-order valence-electron chi connectivity index (χ2n) is 10.0. The number of hydrogen-bond donors (Lipinski definition) is 1. The molecule has 8 heteroatoms. The van der Waals surface area contributed by atoms with Crippen molar-refractivity contribution in [2.75, 3.05) is 25.0 Å². The van der Waals surface area contributed by atoms with Gasteiger partial charge in [0.1, 0.15) is 40.6 Å². The molecule has 8 rings (SSSR count). The van der Waals surface area contributed by atoms with Crippen LogP contribution in [0.4, 0.5) is 11.5 Å². The van der Waals surface area contributed by atoms with Gasteiger partial charge < -0.3 is 24.1 Å². The van der Waals surface area contributed by atoms with Crippen LogP contribution >= 0.6 is 0 Å². The molecule has 3 aliphatic heterocycles. The van der Waals surface area contributed by atoms with E-state index in [9.17, 15) is 0 Å². The van der Waals surface area contributed by atoms with Gasteiger partial charge in [-0.25, -0.2) is 15.0 Å². The zero-order chi connectivity index (χ0) is 24.8. The number of nitrogens with one attached hydrogen (secondary N) is 1. The Hall–Kier alpha value is -4.17. The molecule has 2 bridgehead atoms. The topological polar surface area (TPSA) is 76.8 Å². The molecule has 0 aliphatic carbocycles. The van der Waals surface area contributed by atoms with E-state index in [1.165, 1.54) is 0 Å². The first-order valence-corrected chi connectivity index (χ1v) is 12.8. The number of imidazole rings is 1. The third-order valence-corrected chi connectivity index (χ3v) is 7.64. The van der Waals surface area contributed by atoms with Crippen LogP contribution in [0.2, 0.25) is 0 Å². The molecule has 3 saturated heterocycles. The van der Waals surface area contributed by atoms with E-state index >= 15 is 0 Å². The average molecular weight is 493 g/mol. The molecule has 0 saturated carbocycles. The molecular weight excluding hydrogens is 464 g/mol. The zero-order valence-electron chi connectivity index (χ0n) is 20.7. The number of pyridine rings is 1. The number of fused-ring (bicyclic) bond motifs is 5. The van der Waals surface area contributed by atoms with E-state index in [1.54, 1.807) is 12.5 Å². The summed E-state index contributed by atoms with van der Waals surface area (Å²) in [4.78, 5) is 16.0. The van der Waals surface area contributed by atoms with Crippen LogP contribution in [-0.2, 0) is 0 Å². The maximum atomic E-state index is 6.78. The number of benzene rings is 2. The summed E-state index contributed by atoms with van der Waals surface area (Å²) < 4.78 is 14.9. The minimum Gasteiger partial charge on any atom is -0.486 e. The average Bonchev–Trinajstić information content (AvgIpc) is 3.39. The highest BCUT2D eigenvalue weighted by molar-refractivity contribution is 5.95. The Morgan fingerprint density at radius 1 is 0.892 bits per heavy atom. The number of aryl methyl sites for hydroxylation is 1. The fourth-order valence-corrected chi connectivity index (χ4v) is 5.50. The van der Waals surface area contributed by atoms with Crippen LogP contribution in [0, 0.1) is 6.92 Å². The van der Waals surface area contributed by atoms with E-state index in [0.717, 1.165) is 89.8 Å². The number of rotatable bonds is 6. The lowest BCUT2D eigenvalue weighted by Crippen LogP contribution is -2.55. The van der Waals surface area contributed by atoms with Gasteiger partial charge in [-0.3, -0.25) is 0 Å². The predicted molar refractivity (Wildman–Crippen MR) is 143 cm³/mol. The number of aromatic nitrogens is 4. The molecule has 0 radical (unpaired) electrons. The van der Waals surface area contributed by atoms with Crippen LogP contribution in [0.3, 0.4) is 0 Å². The first-order chi connectivity index (χ1) is 18.1. The molecular formula is C29H28N6O2. The molecule has 5 aromatic rings. The number of piperidine rings is 3. The van der Waals surface area contributed by atoms with Gasteiger partial charge in [0.25, 0.3) is 0 Å². The molecule has 2 aromatic carbocycles. The first-order valence-electron chi connectivity index (χ1n) is 12.8. The number of nitrogens with zero attached hydrogens (tertiary/aromatic N) is 5. The molecule has 0 atom stereocenters.